The molecule has 1 aromatic heterocycles. The summed E-state index contributed by atoms with van der Waals surface area (Å²) in [5, 5.41) is 1.18. The van der Waals surface area contributed by atoms with Gasteiger partial charge in [-0.05, 0) is 23.3 Å². The second-order valence-electron chi connectivity index (χ2n) is 5.02. The molecule has 0 aliphatic heterocycles. The van der Waals surface area contributed by atoms with Crippen LogP contribution >= 0.6 is 0 Å². The number of carbonyl (C=O) groups excluding carboxylic acids is 1. The molecule has 0 saturated carbocycles. The first-order valence-electron chi connectivity index (χ1n) is 7.28. The number of H-pyrrole nitrogens is 1. The highest BCUT2D eigenvalue weighted by molar-refractivity contribution is 5.87. The van der Waals surface area contributed by atoms with Crippen molar-refractivity contribution >= 4 is 22.9 Å². The third kappa shape index (κ3) is 3.44. The van der Waals surface area contributed by atoms with E-state index in [0.717, 1.165) is 16.6 Å². The van der Waals surface area contributed by atoms with E-state index in [1.807, 2.05) is 54.7 Å². The third-order valence-corrected chi connectivity index (χ3v) is 3.50. The van der Waals surface area contributed by atoms with Gasteiger partial charge >= 0.3 is 5.97 Å². The maximum absolute atomic E-state index is 11.7. The van der Waals surface area contributed by atoms with Gasteiger partial charge in [0.25, 0.3) is 0 Å². The summed E-state index contributed by atoms with van der Waals surface area (Å²) in [6.45, 7) is 0.375. The number of esters is 1. The molecule has 1 N–H and O–H groups in total. The van der Waals surface area contributed by atoms with Crippen molar-refractivity contribution in [2.24, 2.45) is 0 Å². The van der Waals surface area contributed by atoms with E-state index in [0.29, 0.717) is 13.0 Å². The molecule has 22 heavy (non-hydrogen) atoms. The summed E-state index contributed by atoms with van der Waals surface area (Å²) in [4.78, 5) is 14.9. The fraction of sp³-hybridized carbons (Fsp3) is 0.105. The fourth-order valence-corrected chi connectivity index (χ4v) is 2.38. The molecule has 0 spiro atoms. The van der Waals surface area contributed by atoms with Gasteiger partial charge in [-0.2, -0.15) is 0 Å². The van der Waals surface area contributed by atoms with Gasteiger partial charge in [0, 0.05) is 29.6 Å². The van der Waals surface area contributed by atoms with Crippen molar-refractivity contribution in [3.8, 4) is 0 Å². The van der Waals surface area contributed by atoms with Gasteiger partial charge in [-0.15, -0.1) is 0 Å². The van der Waals surface area contributed by atoms with Crippen LogP contribution in [0.4, 0.5) is 0 Å². The molecule has 1 heterocycles. The third-order valence-electron chi connectivity index (χ3n) is 3.50. The predicted molar refractivity (Wildman–Crippen MR) is 88.4 cm³/mol. The number of aromatic amines is 1. The molecule has 3 rings (SSSR count). The lowest BCUT2D eigenvalue weighted by Gasteiger charge is -2.01. The van der Waals surface area contributed by atoms with E-state index in [4.69, 9.17) is 4.74 Å². The molecule has 2 aromatic carbocycles. The Balaban J connectivity index is 1.52. The molecule has 0 bridgehead atoms. The lowest BCUT2D eigenvalue weighted by molar-refractivity contribution is -0.137. The van der Waals surface area contributed by atoms with Crippen molar-refractivity contribution in [1.82, 2.24) is 4.98 Å². The van der Waals surface area contributed by atoms with Crippen molar-refractivity contribution in [3.05, 3.63) is 78.0 Å². The number of benzene rings is 2. The lowest BCUT2D eigenvalue weighted by Crippen LogP contribution is -2.04. The highest BCUT2D eigenvalue weighted by Crippen LogP contribution is 2.18. The second kappa shape index (κ2) is 6.76. The van der Waals surface area contributed by atoms with Gasteiger partial charge in [-0.3, -0.25) is 0 Å². The number of hydrogen-bond acceptors (Lipinski definition) is 2. The van der Waals surface area contributed by atoms with E-state index in [9.17, 15) is 4.79 Å². The summed E-state index contributed by atoms with van der Waals surface area (Å²) in [7, 11) is 0. The van der Waals surface area contributed by atoms with Crippen LogP contribution < -0.4 is 0 Å². The SMILES string of the molecule is O=C(C=Cc1ccccc1)OCCc1c[nH]c2ccccc12. The first-order chi connectivity index (χ1) is 10.8. The predicted octanol–water partition coefficient (Wildman–Crippen LogP) is 3.97. The Morgan fingerprint density at radius 2 is 1.82 bits per heavy atom. The standard InChI is InChI=1S/C19H17NO2/c21-19(11-10-15-6-2-1-3-7-15)22-13-12-16-14-20-18-9-5-4-8-17(16)18/h1-11,14,20H,12-13H2. The molecule has 110 valence electrons. The van der Waals surface area contributed by atoms with Gasteiger partial charge in [-0.25, -0.2) is 4.79 Å². The summed E-state index contributed by atoms with van der Waals surface area (Å²) < 4.78 is 5.25. The summed E-state index contributed by atoms with van der Waals surface area (Å²) >= 11 is 0. The number of fused-ring (bicyclic) bond motifs is 1. The Bertz CT molecular complexity index is 787. The quantitative estimate of drug-likeness (QED) is 0.571. The van der Waals surface area contributed by atoms with E-state index in [1.54, 1.807) is 6.08 Å². The van der Waals surface area contributed by atoms with E-state index < -0.39 is 0 Å². The minimum absolute atomic E-state index is 0.316. The van der Waals surface area contributed by atoms with Gasteiger partial charge < -0.3 is 9.72 Å². The van der Waals surface area contributed by atoms with Gasteiger partial charge in [0.2, 0.25) is 0 Å². The molecule has 3 aromatic rings. The lowest BCUT2D eigenvalue weighted by atomic mass is 10.1. The Kier molecular flexibility index (Phi) is 4.35. The van der Waals surface area contributed by atoms with Crippen molar-refractivity contribution in [2.45, 2.75) is 6.42 Å². The van der Waals surface area contributed by atoms with Crippen molar-refractivity contribution in [1.29, 1.82) is 0 Å². The van der Waals surface area contributed by atoms with Crippen LogP contribution in [0.15, 0.2) is 66.9 Å². The molecule has 0 fully saturated rings. The minimum atomic E-state index is -0.316. The maximum atomic E-state index is 11.7. The van der Waals surface area contributed by atoms with Gasteiger partial charge in [0.15, 0.2) is 0 Å². The first-order valence-corrected chi connectivity index (χ1v) is 7.28. The fourth-order valence-electron chi connectivity index (χ4n) is 2.38. The summed E-state index contributed by atoms with van der Waals surface area (Å²) in [5.41, 5.74) is 3.25. The Labute approximate surface area is 129 Å². The van der Waals surface area contributed by atoms with Crippen LogP contribution in [0.5, 0.6) is 0 Å². The van der Waals surface area contributed by atoms with Crippen LogP contribution in [0.1, 0.15) is 11.1 Å². The zero-order valence-corrected chi connectivity index (χ0v) is 12.2. The number of para-hydroxylation sites is 1. The molecule has 0 atom stereocenters. The summed E-state index contributed by atoms with van der Waals surface area (Å²) in [6.07, 6.45) is 5.89. The van der Waals surface area contributed by atoms with Crippen molar-refractivity contribution in [2.75, 3.05) is 6.61 Å². The maximum Gasteiger partial charge on any atom is 0.330 e. The van der Waals surface area contributed by atoms with Crippen LogP contribution in [-0.4, -0.2) is 17.6 Å². The minimum Gasteiger partial charge on any atom is -0.462 e. The Morgan fingerprint density at radius 3 is 2.68 bits per heavy atom. The van der Waals surface area contributed by atoms with Crippen LogP contribution in [0.25, 0.3) is 17.0 Å². The van der Waals surface area contributed by atoms with Crippen LogP contribution in [0.2, 0.25) is 0 Å². The zero-order valence-electron chi connectivity index (χ0n) is 12.2. The monoisotopic (exact) mass is 291 g/mol. The van der Waals surface area contributed by atoms with Gasteiger partial charge in [-0.1, -0.05) is 48.5 Å². The van der Waals surface area contributed by atoms with Crippen molar-refractivity contribution in [3.63, 3.8) is 0 Å². The van der Waals surface area contributed by atoms with E-state index in [-0.39, 0.29) is 5.97 Å². The van der Waals surface area contributed by atoms with Crippen molar-refractivity contribution < 1.29 is 9.53 Å². The number of ether oxygens (including phenoxy) is 1. The van der Waals surface area contributed by atoms with Crippen LogP contribution in [0.3, 0.4) is 0 Å². The van der Waals surface area contributed by atoms with E-state index in [2.05, 4.69) is 11.1 Å². The number of hydrogen-bond donors (Lipinski definition) is 1. The Morgan fingerprint density at radius 1 is 1.05 bits per heavy atom. The zero-order chi connectivity index (χ0) is 15.2. The molecule has 0 amide bonds. The summed E-state index contributed by atoms with van der Waals surface area (Å²) in [6, 6.07) is 17.8. The molecule has 3 nitrogen and oxygen atoms in total. The summed E-state index contributed by atoms with van der Waals surface area (Å²) in [5.74, 6) is -0.316. The molecule has 0 aliphatic rings. The number of carbonyl (C=O) groups is 1. The van der Waals surface area contributed by atoms with Crippen LogP contribution in [-0.2, 0) is 16.0 Å². The average Bonchev–Trinajstić information content (AvgIpc) is 2.97. The molecule has 3 heteroatoms. The van der Waals surface area contributed by atoms with Crippen LogP contribution in [0, 0.1) is 0 Å². The molecule has 0 radical (unpaired) electrons. The number of nitrogens with one attached hydrogen (secondary N) is 1. The molecular weight excluding hydrogens is 274 g/mol. The largest absolute Gasteiger partial charge is 0.462 e. The second-order valence-corrected chi connectivity index (χ2v) is 5.02. The van der Waals surface area contributed by atoms with Gasteiger partial charge in [0.1, 0.15) is 0 Å². The van der Waals surface area contributed by atoms with E-state index >= 15 is 0 Å². The molecule has 0 unspecified atom stereocenters. The topological polar surface area (TPSA) is 42.1 Å². The average molecular weight is 291 g/mol. The molecular formula is C19H17NO2. The Hall–Kier alpha value is -2.81. The van der Waals surface area contributed by atoms with E-state index in [1.165, 1.54) is 11.5 Å². The number of aromatic nitrogens is 1. The molecule has 0 saturated heterocycles. The molecule has 0 aliphatic carbocycles. The number of rotatable bonds is 5. The normalized spacial score (nSPS) is 11.1. The first kappa shape index (κ1) is 14.1. The highest BCUT2D eigenvalue weighted by Gasteiger charge is 2.04. The highest BCUT2D eigenvalue weighted by atomic mass is 16.5. The smallest absolute Gasteiger partial charge is 0.330 e. The van der Waals surface area contributed by atoms with Gasteiger partial charge in [0.05, 0.1) is 6.61 Å².